The van der Waals surface area contributed by atoms with Crippen LogP contribution in [-0.4, -0.2) is 54.9 Å². The zero-order valence-corrected chi connectivity index (χ0v) is 16.4. The van der Waals surface area contributed by atoms with Gasteiger partial charge in [0.05, 0.1) is 37.5 Å². The third-order valence-corrected chi connectivity index (χ3v) is 4.91. The van der Waals surface area contributed by atoms with Crippen LogP contribution in [0, 0.1) is 0 Å². The number of rotatable bonds is 6. The van der Waals surface area contributed by atoms with Gasteiger partial charge in [-0.05, 0) is 50.5 Å². The van der Waals surface area contributed by atoms with E-state index < -0.39 is 5.97 Å². The monoisotopic (exact) mass is 387 g/mol. The maximum atomic E-state index is 13.1. The predicted molar refractivity (Wildman–Crippen MR) is 103 cm³/mol. The number of phenolic OH excluding ortho intramolecular Hbond substituents is 1. The molecule has 0 saturated carbocycles. The molecule has 0 aromatic heterocycles. The van der Waals surface area contributed by atoms with Gasteiger partial charge in [-0.2, -0.15) is 0 Å². The van der Waals surface area contributed by atoms with Crippen molar-refractivity contribution in [2.75, 3.05) is 26.9 Å². The summed E-state index contributed by atoms with van der Waals surface area (Å²) >= 11 is 0. The van der Waals surface area contributed by atoms with Crippen LogP contribution in [-0.2, 0) is 19.1 Å². The van der Waals surface area contributed by atoms with Crippen molar-refractivity contribution in [3.8, 4) is 11.5 Å². The van der Waals surface area contributed by atoms with E-state index >= 15 is 0 Å². The van der Waals surface area contributed by atoms with Crippen LogP contribution >= 0.6 is 0 Å². The highest BCUT2D eigenvalue weighted by Gasteiger charge is 2.38. The smallest absolute Gasteiger partial charge is 0.340 e. The molecular formula is C21H25NO6. The minimum Gasteiger partial charge on any atom is -0.504 e. The first-order chi connectivity index (χ1) is 13.5. The van der Waals surface area contributed by atoms with Gasteiger partial charge in [0.2, 0.25) is 0 Å². The maximum Gasteiger partial charge on any atom is 0.340 e. The van der Waals surface area contributed by atoms with E-state index in [0.29, 0.717) is 36.8 Å². The van der Waals surface area contributed by atoms with E-state index in [-0.39, 0.29) is 28.9 Å². The molecule has 3 rings (SSSR count). The lowest BCUT2D eigenvalue weighted by molar-refractivity contribution is -0.136. The van der Waals surface area contributed by atoms with Gasteiger partial charge in [-0.25, -0.2) is 4.79 Å². The van der Waals surface area contributed by atoms with E-state index in [1.807, 2.05) is 6.92 Å². The van der Waals surface area contributed by atoms with Crippen molar-refractivity contribution in [1.82, 2.24) is 4.90 Å². The van der Waals surface area contributed by atoms with Gasteiger partial charge >= 0.3 is 5.97 Å². The molecule has 1 aromatic carbocycles. The summed E-state index contributed by atoms with van der Waals surface area (Å²) in [6.07, 6.45) is 3.44. The minimum absolute atomic E-state index is 0.0154. The Morgan fingerprint density at radius 3 is 2.86 bits per heavy atom. The van der Waals surface area contributed by atoms with Gasteiger partial charge < -0.3 is 24.2 Å². The molecule has 2 aliphatic heterocycles. The number of benzene rings is 1. The van der Waals surface area contributed by atoms with Crippen molar-refractivity contribution >= 4 is 18.0 Å². The number of amides is 1. The molecule has 1 N–H and O–H groups in total. The van der Waals surface area contributed by atoms with Crippen molar-refractivity contribution in [2.24, 2.45) is 0 Å². The fraction of sp³-hybridized carbons (Fsp3) is 0.429. The lowest BCUT2D eigenvalue weighted by atomic mass is 10.0. The zero-order chi connectivity index (χ0) is 20.3. The number of methoxy groups -OCH3 is 1. The summed E-state index contributed by atoms with van der Waals surface area (Å²) in [7, 11) is 1.29. The molecule has 0 spiro atoms. The van der Waals surface area contributed by atoms with Crippen molar-refractivity contribution in [3.05, 3.63) is 40.6 Å². The number of ether oxygens (including phenoxy) is 3. The normalized spacial score (nSPS) is 21.0. The Balaban J connectivity index is 1.98. The summed E-state index contributed by atoms with van der Waals surface area (Å²) in [4.78, 5) is 27.1. The van der Waals surface area contributed by atoms with E-state index in [2.05, 4.69) is 0 Å². The molecule has 1 amide bonds. The van der Waals surface area contributed by atoms with Crippen LogP contribution in [0.1, 0.15) is 32.3 Å². The largest absolute Gasteiger partial charge is 0.504 e. The lowest BCUT2D eigenvalue weighted by Gasteiger charge is -2.21. The Bertz CT molecular complexity index is 835. The molecule has 2 heterocycles. The number of hydrogen-bond donors (Lipinski definition) is 1. The van der Waals surface area contributed by atoms with Gasteiger partial charge in [0.15, 0.2) is 11.5 Å². The van der Waals surface area contributed by atoms with Gasteiger partial charge in [-0.1, -0.05) is 6.07 Å². The number of allylic oxidation sites excluding steroid dienone is 1. The lowest BCUT2D eigenvalue weighted by Crippen LogP contribution is -2.33. The average Bonchev–Trinajstić information content (AvgIpc) is 3.27. The number of carbonyl (C=O) groups excluding carboxylic acids is 2. The Kier molecular flexibility index (Phi) is 6.04. The highest BCUT2D eigenvalue weighted by molar-refractivity contribution is 6.16. The fourth-order valence-corrected chi connectivity index (χ4v) is 3.50. The minimum atomic E-state index is -0.559. The molecule has 7 heteroatoms. The van der Waals surface area contributed by atoms with E-state index in [1.165, 1.54) is 13.2 Å². The van der Waals surface area contributed by atoms with Gasteiger partial charge in [-0.3, -0.25) is 4.79 Å². The van der Waals surface area contributed by atoms with E-state index in [4.69, 9.17) is 14.2 Å². The molecule has 1 fully saturated rings. The van der Waals surface area contributed by atoms with Crippen molar-refractivity contribution in [2.45, 2.75) is 32.8 Å². The number of esters is 1. The summed E-state index contributed by atoms with van der Waals surface area (Å²) in [5, 5.41) is 9.88. The summed E-state index contributed by atoms with van der Waals surface area (Å²) < 4.78 is 16.0. The Morgan fingerprint density at radius 1 is 1.43 bits per heavy atom. The molecule has 0 aliphatic carbocycles. The Labute approximate surface area is 164 Å². The van der Waals surface area contributed by atoms with Gasteiger partial charge in [0.1, 0.15) is 0 Å². The molecule has 28 heavy (non-hydrogen) atoms. The molecule has 150 valence electrons. The summed E-state index contributed by atoms with van der Waals surface area (Å²) in [5.74, 6) is -0.490. The molecule has 1 atom stereocenters. The molecule has 2 aliphatic rings. The van der Waals surface area contributed by atoms with Crippen LogP contribution in [0.4, 0.5) is 0 Å². The first kappa shape index (κ1) is 19.9. The van der Waals surface area contributed by atoms with E-state index in [1.54, 1.807) is 30.0 Å². The molecule has 0 bridgehead atoms. The summed E-state index contributed by atoms with van der Waals surface area (Å²) in [5.41, 5.74) is 1.70. The molecule has 1 aromatic rings. The van der Waals surface area contributed by atoms with Crippen LogP contribution in [0.2, 0.25) is 0 Å². The third-order valence-electron chi connectivity index (χ3n) is 4.91. The molecule has 1 unspecified atom stereocenters. The second-order valence-electron chi connectivity index (χ2n) is 6.72. The number of phenols is 1. The van der Waals surface area contributed by atoms with Crippen LogP contribution in [0.5, 0.6) is 11.5 Å². The highest BCUT2D eigenvalue weighted by atomic mass is 16.5. The second-order valence-corrected chi connectivity index (χ2v) is 6.72. The van der Waals surface area contributed by atoms with Crippen LogP contribution in [0.15, 0.2) is 35.0 Å². The fourth-order valence-electron chi connectivity index (χ4n) is 3.50. The number of carbonyl (C=O) groups is 2. The maximum absolute atomic E-state index is 13.1. The summed E-state index contributed by atoms with van der Waals surface area (Å²) in [6.45, 7) is 5.05. The molecular weight excluding hydrogens is 362 g/mol. The quantitative estimate of drug-likeness (QED) is 0.597. The standard InChI is InChI=1S/C21H25NO6/c1-4-27-18-11-14(7-8-17(18)23)10-16-19(21(25)26-3)13(2)22(20(16)24)12-15-6-5-9-28-15/h7-8,10-11,15,23H,4-6,9,12H2,1-3H3. The van der Waals surface area contributed by atoms with Crippen molar-refractivity contribution < 1.29 is 28.9 Å². The first-order valence-electron chi connectivity index (χ1n) is 9.36. The Morgan fingerprint density at radius 2 is 2.21 bits per heavy atom. The molecule has 1 saturated heterocycles. The highest BCUT2D eigenvalue weighted by Crippen LogP contribution is 2.34. The van der Waals surface area contributed by atoms with Crippen LogP contribution in [0.3, 0.4) is 0 Å². The third kappa shape index (κ3) is 3.89. The second kappa shape index (κ2) is 8.48. The first-order valence-corrected chi connectivity index (χ1v) is 9.36. The predicted octanol–water partition coefficient (Wildman–Crippen LogP) is 2.64. The summed E-state index contributed by atoms with van der Waals surface area (Å²) in [6, 6.07) is 4.78. The van der Waals surface area contributed by atoms with Crippen LogP contribution in [0.25, 0.3) is 6.08 Å². The zero-order valence-electron chi connectivity index (χ0n) is 16.4. The number of hydrogen-bond acceptors (Lipinski definition) is 6. The van der Waals surface area contributed by atoms with Gasteiger partial charge in [0.25, 0.3) is 5.91 Å². The van der Waals surface area contributed by atoms with Gasteiger partial charge in [-0.15, -0.1) is 0 Å². The van der Waals surface area contributed by atoms with Crippen LogP contribution < -0.4 is 4.74 Å². The number of nitrogens with zero attached hydrogens (tertiary/aromatic N) is 1. The van der Waals surface area contributed by atoms with Crippen molar-refractivity contribution in [3.63, 3.8) is 0 Å². The number of aromatic hydroxyl groups is 1. The SMILES string of the molecule is CCOc1cc(C=C2C(=O)N(CC3CCCO3)C(C)=C2C(=O)OC)ccc1O. The topological polar surface area (TPSA) is 85.3 Å². The molecule has 7 nitrogen and oxygen atoms in total. The van der Waals surface area contributed by atoms with Gasteiger partial charge in [0, 0.05) is 12.3 Å². The van der Waals surface area contributed by atoms with Crippen molar-refractivity contribution in [1.29, 1.82) is 0 Å². The van der Waals surface area contributed by atoms with E-state index in [9.17, 15) is 14.7 Å². The Hall–Kier alpha value is -2.80. The average molecular weight is 387 g/mol. The van der Waals surface area contributed by atoms with E-state index in [0.717, 1.165) is 12.8 Å². The molecule has 0 radical (unpaired) electrons.